The molecule has 4 heterocycles. The number of rotatable bonds is 9. The molecule has 9 nitrogen and oxygen atoms in total. The van der Waals surface area contributed by atoms with Crippen LogP contribution in [-0.2, 0) is 16.1 Å². The van der Waals surface area contributed by atoms with Gasteiger partial charge in [-0.2, -0.15) is 0 Å². The number of benzene rings is 2. The highest BCUT2D eigenvalue weighted by atomic mass is 35.5. The quantitative estimate of drug-likeness (QED) is 0.193. The predicted molar refractivity (Wildman–Crippen MR) is 177 cm³/mol. The molecule has 0 aliphatic carbocycles. The molecular formula is C31H25ClN4O5S3. The zero-order chi connectivity index (χ0) is 30.9. The van der Waals surface area contributed by atoms with E-state index < -0.39 is 0 Å². The van der Waals surface area contributed by atoms with Gasteiger partial charge in [-0.3, -0.25) is 39.0 Å². The van der Waals surface area contributed by atoms with Gasteiger partial charge >= 0.3 is 0 Å². The molecule has 2 amide bonds. The minimum atomic E-state index is -0.228. The highest BCUT2D eigenvalue weighted by Gasteiger charge is 2.30. The first-order valence-electron chi connectivity index (χ1n) is 13.3. The topological polar surface area (TPSA) is 113 Å². The molecule has 0 radical (unpaired) electrons. The van der Waals surface area contributed by atoms with Gasteiger partial charge in [0.05, 0.1) is 34.9 Å². The summed E-state index contributed by atoms with van der Waals surface area (Å²) < 4.78 is 5.04. The molecule has 44 heavy (non-hydrogen) atoms. The third-order valence-electron chi connectivity index (χ3n) is 6.20. The maximum absolute atomic E-state index is 12.0. The van der Waals surface area contributed by atoms with Crippen LogP contribution in [0.25, 0.3) is 0 Å². The van der Waals surface area contributed by atoms with Crippen molar-refractivity contribution in [2.45, 2.75) is 6.54 Å². The van der Waals surface area contributed by atoms with Gasteiger partial charge in [-0.15, -0.1) is 11.3 Å². The molecular weight excluding hydrogens is 640 g/mol. The number of nitrogens with zero attached hydrogens (tertiary/aromatic N) is 4. The van der Waals surface area contributed by atoms with Crippen molar-refractivity contribution in [2.24, 2.45) is 9.98 Å². The summed E-state index contributed by atoms with van der Waals surface area (Å²) >= 11 is 9.97. The Morgan fingerprint density at radius 1 is 0.795 bits per heavy atom. The van der Waals surface area contributed by atoms with Gasteiger partial charge in [0.2, 0.25) is 17.6 Å². The second-order valence-electron chi connectivity index (χ2n) is 9.25. The summed E-state index contributed by atoms with van der Waals surface area (Å²) in [7, 11) is 0. The Kier molecular flexibility index (Phi) is 10.8. The van der Waals surface area contributed by atoms with E-state index in [0.717, 1.165) is 5.56 Å². The Morgan fingerprint density at radius 3 is 2.20 bits per heavy atom. The first-order chi connectivity index (χ1) is 21.4. The van der Waals surface area contributed by atoms with E-state index in [4.69, 9.17) is 16.0 Å². The summed E-state index contributed by atoms with van der Waals surface area (Å²) in [5, 5.41) is 3.61. The number of hydrogen-bond acceptors (Lipinski definition) is 10. The number of Topliss-reactive ketones (excluding diaryl/α,β-unsaturated/α-hetero) is 2. The number of aliphatic imine (C=N–C) groups is 2. The smallest absolute Gasteiger partial charge is 0.243 e. The van der Waals surface area contributed by atoms with Crippen LogP contribution in [0.3, 0.4) is 0 Å². The minimum Gasteiger partial charge on any atom is -0.461 e. The van der Waals surface area contributed by atoms with Crippen LogP contribution in [0.2, 0.25) is 5.02 Å². The lowest BCUT2D eigenvalue weighted by atomic mass is 10.2. The summed E-state index contributed by atoms with van der Waals surface area (Å²) in [6.45, 7) is 0.521. The second kappa shape index (κ2) is 15.2. The van der Waals surface area contributed by atoms with Crippen LogP contribution in [0.15, 0.2) is 105 Å². The number of hydrogen-bond donors (Lipinski definition) is 0. The molecule has 2 aromatic heterocycles. The van der Waals surface area contributed by atoms with E-state index in [1.807, 2.05) is 41.8 Å². The summed E-state index contributed by atoms with van der Waals surface area (Å²) in [6, 6.07) is 23.6. The molecule has 2 fully saturated rings. The van der Waals surface area contributed by atoms with E-state index in [9.17, 15) is 19.2 Å². The first kappa shape index (κ1) is 31.5. The fraction of sp³-hybridized carbons (Fsp3) is 0.161. The van der Waals surface area contributed by atoms with Gasteiger partial charge in [-0.25, -0.2) is 0 Å². The fourth-order valence-electron chi connectivity index (χ4n) is 4.07. The molecule has 0 N–H and O–H groups in total. The maximum Gasteiger partial charge on any atom is 0.243 e. The Bertz CT molecular complexity index is 1670. The second-order valence-corrected chi connectivity index (χ2v) is 12.5. The van der Waals surface area contributed by atoms with Crippen molar-refractivity contribution in [3.63, 3.8) is 0 Å². The molecule has 0 bridgehead atoms. The lowest BCUT2D eigenvalue weighted by Crippen LogP contribution is -2.29. The highest BCUT2D eigenvalue weighted by molar-refractivity contribution is 8.15. The maximum atomic E-state index is 12.0. The number of carbonyl (C=O) groups is 4. The summed E-state index contributed by atoms with van der Waals surface area (Å²) in [5.41, 5.74) is 1.74. The van der Waals surface area contributed by atoms with Gasteiger partial charge in [0, 0.05) is 5.02 Å². The molecule has 0 spiro atoms. The van der Waals surface area contributed by atoms with Crippen LogP contribution in [0.4, 0.5) is 5.69 Å². The number of carbonyl (C=O) groups excluding carboxylic acids is 4. The number of thioether (sulfide) groups is 2. The number of ketones is 2. The average molecular weight is 665 g/mol. The molecule has 13 heteroatoms. The van der Waals surface area contributed by atoms with Crippen molar-refractivity contribution in [3.05, 3.63) is 112 Å². The number of amidine groups is 2. The summed E-state index contributed by atoms with van der Waals surface area (Å²) in [4.78, 5) is 60.4. The zero-order valence-corrected chi connectivity index (χ0v) is 26.3. The van der Waals surface area contributed by atoms with Crippen molar-refractivity contribution < 1.29 is 23.6 Å². The molecule has 0 saturated carbocycles. The average Bonchev–Trinajstić information content (AvgIpc) is 3.86. The Hall–Kier alpha value is -3.97. The van der Waals surface area contributed by atoms with Crippen LogP contribution in [-0.4, -0.2) is 63.2 Å². The Balaban J connectivity index is 0.000000175. The van der Waals surface area contributed by atoms with Gasteiger partial charge in [0.25, 0.3) is 0 Å². The molecule has 2 aliphatic heterocycles. The summed E-state index contributed by atoms with van der Waals surface area (Å²) in [6.07, 6.45) is 1.44. The van der Waals surface area contributed by atoms with E-state index in [2.05, 4.69) is 9.98 Å². The number of thiophene rings is 1. The molecule has 224 valence electrons. The van der Waals surface area contributed by atoms with Crippen LogP contribution >= 0.6 is 46.5 Å². The SMILES string of the molecule is O=C(CN=C1SCC(=O)N1Cc1ccccc1)c1cccs1.O=C(CN=C1SCC(=O)N1c1ccc(Cl)cc1)c1ccco1. The van der Waals surface area contributed by atoms with Gasteiger partial charge in [-0.1, -0.05) is 71.5 Å². The molecule has 0 atom stereocenters. The van der Waals surface area contributed by atoms with E-state index in [1.54, 1.807) is 47.4 Å². The molecule has 2 aliphatic rings. The lowest BCUT2D eigenvalue weighted by molar-refractivity contribution is -0.124. The molecule has 2 saturated heterocycles. The summed E-state index contributed by atoms with van der Waals surface area (Å²) in [5.74, 6) is 0.676. The molecule has 0 unspecified atom stereocenters. The number of furan rings is 1. The van der Waals surface area contributed by atoms with Crippen molar-refractivity contribution in [3.8, 4) is 0 Å². The largest absolute Gasteiger partial charge is 0.461 e. The normalized spacial score (nSPS) is 16.5. The molecule has 2 aromatic carbocycles. The zero-order valence-electron chi connectivity index (χ0n) is 23.1. The van der Waals surface area contributed by atoms with Crippen molar-refractivity contribution in [2.75, 3.05) is 29.5 Å². The van der Waals surface area contributed by atoms with Gasteiger partial charge in [0.15, 0.2) is 21.9 Å². The predicted octanol–water partition coefficient (Wildman–Crippen LogP) is 6.31. The Morgan fingerprint density at radius 2 is 1.50 bits per heavy atom. The van der Waals surface area contributed by atoms with E-state index in [1.165, 1.54) is 46.0 Å². The number of halogens is 1. The highest BCUT2D eigenvalue weighted by Crippen LogP contribution is 2.28. The van der Waals surface area contributed by atoms with Crippen molar-refractivity contribution in [1.29, 1.82) is 0 Å². The molecule has 6 rings (SSSR count). The first-order valence-corrected chi connectivity index (χ1v) is 16.5. The third kappa shape index (κ3) is 8.14. The monoisotopic (exact) mass is 664 g/mol. The van der Waals surface area contributed by atoms with Gasteiger partial charge in [0.1, 0.15) is 13.1 Å². The van der Waals surface area contributed by atoms with Crippen LogP contribution in [0.5, 0.6) is 0 Å². The molecule has 4 aromatic rings. The standard InChI is InChI=1S/C16H14N2O2S2.C15H11ClN2O3S/c19-13(14-7-4-8-21-14)9-17-16-18(15(20)11-22-16)10-12-5-2-1-3-6-12;16-10-3-5-11(6-4-10)18-14(20)9-22-15(18)17-8-12(19)13-2-1-7-21-13/h1-8H,9-11H2;1-7H,8-9H2. The fourth-order valence-corrected chi connectivity index (χ4v) is 6.62. The van der Waals surface area contributed by atoms with Gasteiger partial charge in [-0.05, 0) is 53.4 Å². The van der Waals surface area contributed by atoms with Crippen LogP contribution in [0, 0.1) is 0 Å². The Labute approximate surface area is 271 Å². The van der Waals surface area contributed by atoms with E-state index >= 15 is 0 Å². The van der Waals surface area contributed by atoms with Gasteiger partial charge < -0.3 is 4.42 Å². The van der Waals surface area contributed by atoms with E-state index in [-0.39, 0.29) is 42.2 Å². The van der Waals surface area contributed by atoms with Crippen LogP contribution in [0.1, 0.15) is 25.8 Å². The number of amides is 2. The number of anilines is 1. The third-order valence-corrected chi connectivity index (χ3v) is 9.32. The minimum absolute atomic E-state index is 0.0119. The van der Waals surface area contributed by atoms with Crippen molar-refractivity contribution >= 4 is 85.9 Å². The van der Waals surface area contributed by atoms with Crippen LogP contribution < -0.4 is 4.90 Å². The van der Waals surface area contributed by atoms with E-state index in [0.29, 0.717) is 44.0 Å². The van der Waals surface area contributed by atoms with Crippen molar-refractivity contribution in [1.82, 2.24) is 4.90 Å². The lowest BCUT2D eigenvalue weighted by Gasteiger charge is -2.15.